The molecule has 0 unspecified atom stereocenters. The topological polar surface area (TPSA) is 84.2 Å². The molecule has 0 aromatic carbocycles. The van der Waals surface area contributed by atoms with Crippen molar-refractivity contribution in [2.45, 2.75) is 6.42 Å². The van der Waals surface area contributed by atoms with Crippen molar-refractivity contribution in [3.8, 4) is 6.07 Å². The van der Waals surface area contributed by atoms with Crippen LogP contribution >= 0.6 is 0 Å². The maximum absolute atomic E-state index is 10.9. The summed E-state index contributed by atoms with van der Waals surface area (Å²) < 4.78 is 26.0. The largest absolute Gasteiger partial charge is 0.468 e. The first kappa shape index (κ1) is 10.9. The molecule has 0 heterocycles. The molecule has 5 nitrogen and oxygen atoms in total. The van der Waals surface area contributed by atoms with Gasteiger partial charge in [-0.2, -0.15) is 5.26 Å². The lowest BCUT2D eigenvalue weighted by Crippen LogP contribution is -2.19. The van der Waals surface area contributed by atoms with Crippen LogP contribution in [0.25, 0.3) is 0 Å². The van der Waals surface area contributed by atoms with Crippen LogP contribution in [0.1, 0.15) is 6.42 Å². The van der Waals surface area contributed by atoms with E-state index in [2.05, 4.69) is 4.74 Å². The molecular weight excluding hydrogens is 182 g/mol. The molecule has 0 aliphatic carbocycles. The second-order valence-corrected chi connectivity index (χ2v) is 4.26. The van der Waals surface area contributed by atoms with Gasteiger partial charge in [-0.3, -0.25) is 4.79 Å². The summed E-state index contributed by atoms with van der Waals surface area (Å²) in [6.45, 7) is 0. The van der Waals surface area contributed by atoms with Gasteiger partial charge in [-0.05, 0) is 0 Å². The van der Waals surface area contributed by atoms with Gasteiger partial charge in [0.25, 0.3) is 0 Å². The molecule has 0 N–H and O–H groups in total. The molecule has 6 heteroatoms. The predicted octanol–water partition coefficient (Wildman–Crippen LogP) is -0.512. The lowest BCUT2D eigenvalue weighted by atomic mass is 10.6. The summed E-state index contributed by atoms with van der Waals surface area (Å²) >= 11 is 0. The highest BCUT2D eigenvalue weighted by atomic mass is 32.2. The normalized spacial score (nSPS) is 10.3. The number of carbonyl (C=O) groups is 1. The zero-order chi connectivity index (χ0) is 9.61. The Hall–Kier alpha value is -1.09. The monoisotopic (exact) mass is 191 g/mol. The fourth-order valence-corrected chi connectivity index (χ4v) is 1.54. The Kier molecular flexibility index (Phi) is 4.29. The molecule has 0 radical (unpaired) electrons. The number of methoxy groups -OCH3 is 1. The highest BCUT2D eigenvalue weighted by molar-refractivity contribution is 7.92. The zero-order valence-corrected chi connectivity index (χ0v) is 7.43. The van der Waals surface area contributed by atoms with Crippen LogP contribution in [0.15, 0.2) is 0 Å². The Balaban J connectivity index is 4.07. The van der Waals surface area contributed by atoms with Crippen LogP contribution in [0.2, 0.25) is 0 Å². The maximum Gasteiger partial charge on any atom is 0.320 e. The van der Waals surface area contributed by atoms with E-state index in [9.17, 15) is 13.2 Å². The van der Waals surface area contributed by atoms with Gasteiger partial charge in [0.15, 0.2) is 9.84 Å². The molecule has 0 bridgehead atoms. The van der Waals surface area contributed by atoms with E-state index < -0.39 is 21.6 Å². The van der Waals surface area contributed by atoms with Crippen LogP contribution in [-0.4, -0.2) is 33.0 Å². The van der Waals surface area contributed by atoms with Crippen molar-refractivity contribution in [3.05, 3.63) is 0 Å². The molecule has 0 aromatic heterocycles. The van der Waals surface area contributed by atoms with Crippen LogP contribution < -0.4 is 0 Å². The minimum Gasteiger partial charge on any atom is -0.468 e. The SMILES string of the molecule is COC(=O)CS(=O)(=O)CCC#N. The number of hydrogen-bond donors (Lipinski definition) is 0. The molecule has 0 amide bonds. The minimum absolute atomic E-state index is 0.0979. The van der Waals surface area contributed by atoms with E-state index in [0.29, 0.717) is 0 Å². The lowest BCUT2D eigenvalue weighted by molar-refractivity contribution is -0.137. The fourth-order valence-electron chi connectivity index (χ4n) is 0.512. The third-order valence-corrected chi connectivity index (χ3v) is 2.59. The molecule has 0 fully saturated rings. The first-order chi connectivity index (χ1) is 5.52. The van der Waals surface area contributed by atoms with E-state index in [0.717, 1.165) is 7.11 Å². The minimum atomic E-state index is -3.45. The quantitative estimate of drug-likeness (QED) is 0.558. The highest BCUT2D eigenvalue weighted by Gasteiger charge is 2.16. The second-order valence-electron chi connectivity index (χ2n) is 2.08. The first-order valence-corrected chi connectivity index (χ1v) is 4.98. The third kappa shape index (κ3) is 4.68. The summed E-state index contributed by atoms with van der Waals surface area (Å²) in [6, 6.07) is 1.68. The van der Waals surface area contributed by atoms with E-state index in [4.69, 9.17) is 5.26 Å². The molecule has 0 saturated carbocycles. The van der Waals surface area contributed by atoms with E-state index in [1.165, 1.54) is 0 Å². The maximum atomic E-state index is 10.9. The molecule has 0 aliphatic rings. The standard InChI is InChI=1S/C6H9NO4S/c1-11-6(8)5-12(9,10)4-2-3-7/h2,4-5H2,1H3. The molecule has 0 aliphatic heterocycles. The molecule has 0 rings (SSSR count). The summed E-state index contributed by atoms with van der Waals surface area (Å²) in [4.78, 5) is 10.5. The van der Waals surface area contributed by atoms with Crippen LogP contribution in [-0.2, 0) is 19.4 Å². The fraction of sp³-hybridized carbons (Fsp3) is 0.667. The Bertz CT molecular complexity index is 287. The number of rotatable bonds is 4. The third-order valence-electron chi connectivity index (χ3n) is 1.09. The van der Waals surface area contributed by atoms with E-state index in [1.54, 1.807) is 6.07 Å². The molecule has 0 saturated heterocycles. The Morgan fingerprint density at radius 1 is 1.58 bits per heavy atom. The van der Waals surface area contributed by atoms with Gasteiger partial charge in [-0.15, -0.1) is 0 Å². The summed E-state index contributed by atoms with van der Waals surface area (Å²) in [5, 5.41) is 8.09. The van der Waals surface area contributed by atoms with Crippen molar-refractivity contribution in [1.82, 2.24) is 0 Å². The zero-order valence-electron chi connectivity index (χ0n) is 6.61. The molecule has 0 spiro atoms. The van der Waals surface area contributed by atoms with Crippen LogP contribution in [0.5, 0.6) is 0 Å². The van der Waals surface area contributed by atoms with Gasteiger partial charge in [-0.1, -0.05) is 0 Å². The summed E-state index contributed by atoms with van der Waals surface area (Å²) in [6.07, 6.45) is -0.0979. The molecular formula is C6H9NO4S. The average molecular weight is 191 g/mol. The average Bonchev–Trinajstić information content (AvgIpc) is 2.00. The van der Waals surface area contributed by atoms with E-state index in [1.807, 2.05) is 0 Å². The lowest BCUT2D eigenvalue weighted by Gasteiger charge is -1.98. The number of hydrogen-bond acceptors (Lipinski definition) is 5. The number of nitrogens with zero attached hydrogens (tertiary/aromatic N) is 1. The smallest absolute Gasteiger partial charge is 0.320 e. The van der Waals surface area contributed by atoms with Gasteiger partial charge < -0.3 is 4.74 Å². The number of ether oxygens (including phenoxy) is 1. The van der Waals surface area contributed by atoms with Crippen LogP contribution in [0.4, 0.5) is 0 Å². The number of carbonyl (C=O) groups excluding carboxylic acids is 1. The van der Waals surface area contributed by atoms with Gasteiger partial charge >= 0.3 is 5.97 Å². The summed E-state index contributed by atoms with van der Waals surface area (Å²) in [7, 11) is -2.34. The van der Waals surface area contributed by atoms with E-state index >= 15 is 0 Å². The molecule has 12 heavy (non-hydrogen) atoms. The van der Waals surface area contributed by atoms with Crippen molar-refractivity contribution in [1.29, 1.82) is 5.26 Å². The Labute approximate surface area is 70.9 Å². The number of nitriles is 1. The Morgan fingerprint density at radius 3 is 2.58 bits per heavy atom. The van der Waals surface area contributed by atoms with Gasteiger partial charge in [0, 0.05) is 6.42 Å². The van der Waals surface area contributed by atoms with Gasteiger partial charge in [0.1, 0.15) is 5.75 Å². The van der Waals surface area contributed by atoms with Crippen molar-refractivity contribution < 1.29 is 17.9 Å². The van der Waals surface area contributed by atoms with Crippen molar-refractivity contribution in [2.75, 3.05) is 18.6 Å². The van der Waals surface area contributed by atoms with Crippen molar-refractivity contribution in [3.63, 3.8) is 0 Å². The second kappa shape index (κ2) is 4.72. The van der Waals surface area contributed by atoms with Gasteiger partial charge in [-0.25, -0.2) is 8.42 Å². The van der Waals surface area contributed by atoms with Crippen molar-refractivity contribution >= 4 is 15.8 Å². The van der Waals surface area contributed by atoms with Crippen molar-refractivity contribution in [2.24, 2.45) is 0 Å². The van der Waals surface area contributed by atoms with Crippen LogP contribution in [0.3, 0.4) is 0 Å². The number of sulfone groups is 1. The molecule has 68 valence electrons. The Morgan fingerprint density at radius 2 is 2.17 bits per heavy atom. The van der Waals surface area contributed by atoms with Gasteiger partial charge in [0.05, 0.1) is 18.9 Å². The molecule has 0 atom stereocenters. The van der Waals surface area contributed by atoms with E-state index in [-0.39, 0.29) is 12.2 Å². The predicted molar refractivity (Wildman–Crippen MR) is 40.9 cm³/mol. The summed E-state index contributed by atoms with van der Waals surface area (Å²) in [5.74, 6) is -1.74. The molecule has 0 aromatic rings. The first-order valence-electron chi connectivity index (χ1n) is 3.16. The van der Waals surface area contributed by atoms with Crippen LogP contribution in [0, 0.1) is 11.3 Å². The highest BCUT2D eigenvalue weighted by Crippen LogP contribution is 1.94. The summed E-state index contributed by atoms with van der Waals surface area (Å²) in [5.41, 5.74) is 0. The van der Waals surface area contributed by atoms with Gasteiger partial charge in [0.2, 0.25) is 0 Å². The number of esters is 1.